The Morgan fingerprint density at radius 2 is 2.19 bits per heavy atom. The van der Waals surface area contributed by atoms with Crippen LogP contribution in [-0.4, -0.2) is 78.7 Å². The van der Waals surface area contributed by atoms with Crippen LogP contribution < -0.4 is 9.64 Å². The number of hydrogen-bond donors (Lipinski definition) is 1. The summed E-state index contributed by atoms with van der Waals surface area (Å²) < 4.78 is 6.78. The Balaban J connectivity index is 1.32. The quantitative estimate of drug-likeness (QED) is 0.403. The summed E-state index contributed by atoms with van der Waals surface area (Å²) in [5, 5.41) is 19.8. The zero-order chi connectivity index (χ0) is 25.3. The standard InChI is InChI=1S/C24H26N8O3S/c1-16-4-5-17(30(2)21-6-8-26-23(27-21)35-3)10-18(16)19-12-32(29-28-19)14-24(34)7-9-31(13-24)22(33)20-11-25-15-36-20/h4-6,8,10-12,15,34H,7,9,13-14H2,1-3H3. The summed E-state index contributed by atoms with van der Waals surface area (Å²) in [7, 11) is 3.45. The molecule has 3 aromatic heterocycles. The second-order valence-corrected chi connectivity index (χ2v) is 9.71. The van der Waals surface area contributed by atoms with Crippen LogP contribution in [0.1, 0.15) is 21.7 Å². The third kappa shape index (κ3) is 4.77. The summed E-state index contributed by atoms with van der Waals surface area (Å²) in [6.45, 7) is 2.97. The van der Waals surface area contributed by atoms with Crippen molar-refractivity contribution in [3.8, 4) is 17.3 Å². The molecule has 186 valence electrons. The highest BCUT2D eigenvalue weighted by atomic mass is 32.1. The molecule has 11 nitrogen and oxygen atoms in total. The van der Waals surface area contributed by atoms with E-state index in [0.29, 0.717) is 35.4 Å². The highest BCUT2D eigenvalue weighted by Crippen LogP contribution is 2.31. The Kier molecular flexibility index (Phi) is 6.37. The number of carbonyl (C=O) groups is 1. The molecule has 1 saturated heterocycles. The Morgan fingerprint density at radius 1 is 1.33 bits per heavy atom. The highest BCUT2D eigenvalue weighted by Gasteiger charge is 2.39. The first-order chi connectivity index (χ1) is 17.3. The molecule has 0 radical (unpaired) electrons. The Morgan fingerprint density at radius 3 is 2.97 bits per heavy atom. The molecule has 4 heterocycles. The van der Waals surface area contributed by atoms with Crippen molar-refractivity contribution in [2.45, 2.75) is 25.5 Å². The van der Waals surface area contributed by atoms with Crippen LogP contribution in [0.4, 0.5) is 11.5 Å². The van der Waals surface area contributed by atoms with Crippen molar-refractivity contribution in [3.05, 3.63) is 58.8 Å². The number of anilines is 2. The number of aromatic nitrogens is 6. The lowest BCUT2D eigenvalue weighted by Crippen LogP contribution is -2.39. The largest absolute Gasteiger partial charge is 0.467 e. The molecule has 1 unspecified atom stereocenters. The maximum atomic E-state index is 12.6. The second kappa shape index (κ2) is 9.63. The highest BCUT2D eigenvalue weighted by molar-refractivity contribution is 7.11. The molecular formula is C24H26N8O3S. The van der Waals surface area contributed by atoms with Gasteiger partial charge in [0.1, 0.15) is 22.0 Å². The van der Waals surface area contributed by atoms with Crippen molar-refractivity contribution >= 4 is 28.7 Å². The van der Waals surface area contributed by atoms with Crippen molar-refractivity contribution in [2.24, 2.45) is 0 Å². The smallest absolute Gasteiger partial charge is 0.318 e. The minimum Gasteiger partial charge on any atom is -0.467 e. The molecule has 1 amide bonds. The van der Waals surface area contributed by atoms with Crippen LogP contribution >= 0.6 is 11.3 Å². The first-order valence-electron chi connectivity index (χ1n) is 11.4. The number of nitrogens with zero attached hydrogens (tertiary/aromatic N) is 8. The van der Waals surface area contributed by atoms with Crippen molar-refractivity contribution < 1.29 is 14.6 Å². The zero-order valence-electron chi connectivity index (χ0n) is 20.2. The lowest BCUT2D eigenvalue weighted by Gasteiger charge is -2.22. The van der Waals surface area contributed by atoms with Crippen molar-refractivity contribution in [2.75, 3.05) is 32.1 Å². The van der Waals surface area contributed by atoms with Gasteiger partial charge in [0.15, 0.2) is 0 Å². The number of amides is 1. The van der Waals surface area contributed by atoms with Gasteiger partial charge in [-0.2, -0.15) is 4.98 Å². The van der Waals surface area contributed by atoms with Gasteiger partial charge in [0.05, 0.1) is 38.1 Å². The molecule has 0 bridgehead atoms. The van der Waals surface area contributed by atoms with E-state index in [1.54, 1.807) is 27.5 Å². The van der Waals surface area contributed by atoms with Gasteiger partial charge in [-0.1, -0.05) is 11.3 Å². The molecule has 36 heavy (non-hydrogen) atoms. The number of aliphatic hydroxyl groups is 1. The summed E-state index contributed by atoms with van der Waals surface area (Å²) in [6.07, 6.45) is 5.50. The number of aryl methyl sites for hydroxylation is 1. The maximum absolute atomic E-state index is 12.6. The molecule has 4 aromatic rings. The molecule has 1 aliphatic heterocycles. The van der Waals surface area contributed by atoms with E-state index in [0.717, 1.165) is 16.8 Å². The zero-order valence-corrected chi connectivity index (χ0v) is 21.0. The summed E-state index contributed by atoms with van der Waals surface area (Å²) in [6, 6.07) is 8.16. The van der Waals surface area contributed by atoms with E-state index in [2.05, 4.69) is 25.3 Å². The van der Waals surface area contributed by atoms with E-state index < -0.39 is 5.60 Å². The average Bonchev–Trinajstić information content (AvgIpc) is 3.66. The van der Waals surface area contributed by atoms with E-state index >= 15 is 0 Å². The first-order valence-corrected chi connectivity index (χ1v) is 12.3. The summed E-state index contributed by atoms with van der Waals surface area (Å²) in [5.41, 5.74) is 4.13. The number of hydrogen-bond acceptors (Lipinski definition) is 10. The Hall–Kier alpha value is -3.90. The number of carbonyl (C=O) groups excluding carboxylic acids is 1. The van der Waals surface area contributed by atoms with Crippen molar-refractivity contribution in [3.63, 3.8) is 0 Å². The van der Waals surface area contributed by atoms with Gasteiger partial charge in [-0.05, 0) is 37.1 Å². The molecule has 0 aliphatic carbocycles. The number of β-amino-alcohol motifs (C(OH)–C–C–N with tert-alkyl or cyclic N) is 1. The first kappa shape index (κ1) is 23.8. The van der Waals surface area contributed by atoms with Crippen LogP contribution in [0.25, 0.3) is 11.3 Å². The maximum Gasteiger partial charge on any atom is 0.318 e. The van der Waals surface area contributed by atoms with E-state index in [-0.39, 0.29) is 19.0 Å². The number of methoxy groups -OCH3 is 1. The lowest BCUT2D eigenvalue weighted by atomic mass is 10.0. The summed E-state index contributed by atoms with van der Waals surface area (Å²) >= 11 is 1.30. The fraction of sp³-hybridized carbons (Fsp3) is 0.333. The fourth-order valence-corrected chi connectivity index (χ4v) is 4.87. The van der Waals surface area contributed by atoms with E-state index in [1.807, 2.05) is 49.3 Å². The van der Waals surface area contributed by atoms with Gasteiger partial charge < -0.3 is 19.6 Å². The molecular weight excluding hydrogens is 480 g/mol. The topological polar surface area (TPSA) is 122 Å². The Labute approximate surface area is 212 Å². The summed E-state index contributed by atoms with van der Waals surface area (Å²) in [5.74, 6) is 0.590. The van der Waals surface area contributed by atoms with Gasteiger partial charge in [-0.25, -0.2) is 9.67 Å². The van der Waals surface area contributed by atoms with Crippen LogP contribution in [0.2, 0.25) is 0 Å². The van der Waals surface area contributed by atoms with Gasteiger partial charge in [0.25, 0.3) is 5.91 Å². The van der Waals surface area contributed by atoms with Gasteiger partial charge in [-0.15, -0.1) is 16.4 Å². The Bertz CT molecular complexity index is 1380. The molecule has 0 spiro atoms. The number of rotatable bonds is 7. The van der Waals surface area contributed by atoms with Crippen molar-refractivity contribution in [1.29, 1.82) is 0 Å². The number of benzene rings is 1. The number of thiazole rings is 1. The minimum atomic E-state index is -1.07. The SMILES string of the molecule is COc1nccc(N(C)c2ccc(C)c(-c3cn(CC4(O)CCN(C(=O)c5cncs5)C4)nn3)c2)n1. The number of ether oxygens (including phenoxy) is 1. The molecule has 12 heteroatoms. The van der Waals surface area contributed by atoms with Crippen molar-refractivity contribution in [1.82, 2.24) is 34.8 Å². The predicted octanol–water partition coefficient (Wildman–Crippen LogP) is 2.55. The van der Waals surface area contributed by atoms with E-state index in [4.69, 9.17) is 4.74 Å². The molecule has 1 aliphatic rings. The summed E-state index contributed by atoms with van der Waals surface area (Å²) in [4.78, 5) is 29.2. The van der Waals surface area contributed by atoms with Crippen LogP contribution in [-0.2, 0) is 6.54 Å². The van der Waals surface area contributed by atoms with Gasteiger partial charge in [0, 0.05) is 31.0 Å². The molecule has 5 rings (SSSR count). The average molecular weight is 507 g/mol. The van der Waals surface area contributed by atoms with E-state index in [1.165, 1.54) is 18.4 Å². The predicted molar refractivity (Wildman–Crippen MR) is 134 cm³/mol. The van der Waals surface area contributed by atoms with Crippen LogP contribution in [0.15, 0.2) is 48.4 Å². The molecule has 1 aromatic carbocycles. The van der Waals surface area contributed by atoms with Crippen LogP contribution in [0.5, 0.6) is 6.01 Å². The van der Waals surface area contributed by atoms with Gasteiger partial charge >= 0.3 is 6.01 Å². The third-order valence-electron chi connectivity index (χ3n) is 6.29. The van der Waals surface area contributed by atoms with Crippen LogP contribution in [0.3, 0.4) is 0 Å². The van der Waals surface area contributed by atoms with E-state index in [9.17, 15) is 9.90 Å². The normalized spacial score (nSPS) is 17.4. The second-order valence-electron chi connectivity index (χ2n) is 8.83. The molecule has 0 saturated carbocycles. The third-order valence-corrected chi connectivity index (χ3v) is 7.05. The molecule has 1 N–H and O–H groups in total. The fourth-order valence-electron chi connectivity index (χ4n) is 4.28. The number of likely N-dealkylation sites (tertiary alicyclic amines) is 1. The monoisotopic (exact) mass is 506 g/mol. The minimum absolute atomic E-state index is 0.106. The molecule has 1 fully saturated rings. The van der Waals surface area contributed by atoms with Crippen LogP contribution in [0, 0.1) is 6.92 Å². The van der Waals surface area contributed by atoms with Gasteiger partial charge in [0.2, 0.25) is 0 Å². The molecule has 1 atom stereocenters. The lowest BCUT2D eigenvalue weighted by molar-refractivity contribution is 0.0267. The van der Waals surface area contributed by atoms with Gasteiger partial charge in [-0.3, -0.25) is 9.78 Å².